The van der Waals surface area contributed by atoms with Gasteiger partial charge in [-0.1, -0.05) is 29.8 Å². The van der Waals surface area contributed by atoms with Crippen molar-refractivity contribution in [3.8, 4) is 5.75 Å². The van der Waals surface area contributed by atoms with Crippen LogP contribution in [0.3, 0.4) is 0 Å². The molecule has 0 aliphatic carbocycles. The van der Waals surface area contributed by atoms with Crippen molar-refractivity contribution in [1.82, 2.24) is 9.97 Å². The molecular formula is C18H19ClN4O. The largest absolute Gasteiger partial charge is 0.492 e. The van der Waals surface area contributed by atoms with Crippen LogP contribution in [0.15, 0.2) is 42.5 Å². The molecular weight excluding hydrogens is 324 g/mol. The minimum Gasteiger partial charge on any atom is -0.492 e. The molecule has 0 amide bonds. The van der Waals surface area contributed by atoms with Gasteiger partial charge in [-0.25, -0.2) is 9.97 Å². The van der Waals surface area contributed by atoms with Crippen LogP contribution in [-0.4, -0.2) is 16.6 Å². The van der Waals surface area contributed by atoms with Gasteiger partial charge < -0.3 is 15.8 Å². The molecule has 3 N–H and O–H groups in total. The Kier molecular flexibility index (Phi) is 5.13. The molecule has 0 bridgehead atoms. The summed E-state index contributed by atoms with van der Waals surface area (Å²) in [6.45, 7) is 3.42. The van der Waals surface area contributed by atoms with Crippen LogP contribution < -0.4 is 15.8 Å². The Morgan fingerprint density at radius 2 is 2.00 bits per heavy atom. The summed E-state index contributed by atoms with van der Waals surface area (Å²) in [6.07, 6.45) is 0. The predicted octanol–water partition coefficient (Wildman–Crippen LogP) is 3.75. The minimum absolute atomic E-state index is 0.300. The Balaban J connectivity index is 1.84. The molecule has 0 aliphatic rings. The minimum atomic E-state index is 0.300. The first-order valence-electron chi connectivity index (χ1n) is 7.82. The number of benzene rings is 2. The molecule has 5 nitrogen and oxygen atoms in total. The normalized spacial score (nSPS) is 10.8. The lowest BCUT2D eigenvalue weighted by Crippen LogP contribution is -2.08. The lowest BCUT2D eigenvalue weighted by molar-refractivity contribution is 0.340. The van der Waals surface area contributed by atoms with Crippen LogP contribution in [0.4, 0.5) is 5.82 Å². The summed E-state index contributed by atoms with van der Waals surface area (Å²) >= 11 is 6.24. The third kappa shape index (κ3) is 3.58. The monoisotopic (exact) mass is 342 g/mol. The van der Waals surface area contributed by atoms with Gasteiger partial charge in [-0.05, 0) is 36.8 Å². The highest BCUT2D eigenvalue weighted by atomic mass is 35.5. The summed E-state index contributed by atoms with van der Waals surface area (Å²) in [5, 5.41) is 4.92. The van der Waals surface area contributed by atoms with Gasteiger partial charge in [0.25, 0.3) is 0 Å². The van der Waals surface area contributed by atoms with Gasteiger partial charge >= 0.3 is 0 Å². The number of nitrogens with one attached hydrogen (secondary N) is 1. The van der Waals surface area contributed by atoms with E-state index in [2.05, 4.69) is 15.3 Å². The fourth-order valence-electron chi connectivity index (χ4n) is 2.46. The van der Waals surface area contributed by atoms with E-state index in [-0.39, 0.29) is 0 Å². The van der Waals surface area contributed by atoms with E-state index in [9.17, 15) is 0 Å². The summed E-state index contributed by atoms with van der Waals surface area (Å²) < 4.78 is 5.46. The van der Waals surface area contributed by atoms with Crippen molar-refractivity contribution >= 4 is 28.3 Å². The molecule has 0 aliphatic heterocycles. The number of anilines is 1. The molecule has 0 radical (unpaired) electrons. The zero-order chi connectivity index (χ0) is 16.9. The van der Waals surface area contributed by atoms with Gasteiger partial charge in [-0.2, -0.15) is 0 Å². The second-order valence-electron chi connectivity index (χ2n) is 5.26. The van der Waals surface area contributed by atoms with Crippen LogP contribution in [0, 0.1) is 0 Å². The first-order valence-corrected chi connectivity index (χ1v) is 8.20. The van der Waals surface area contributed by atoms with E-state index >= 15 is 0 Å². The molecule has 3 rings (SSSR count). The van der Waals surface area contributed by atoms with E-state index < -0.39 is 0 Å². The van der Waals surface area contributed by atoms with E-state index in [1.54, 1.807) is 0 Å². The summed E-state index contributed by atoms with van der Waals surface area (Å²) in [5.41, 5.74) is 7.62. The number of fused-ring (bicyclic) bond motifs is 1. The Labute approximate surface area is 145 Å². The van der Waals surface area contributed by atoms with Gasteiger partial charge in [-0.15, -0.1) is 0 Å². The van der Waals surface area contributed by atoms with Gasteiger partial charge in [0, 0.05) is 11.9 Å². The standard InChI is InChI=1S/C18H19ClN4O/c1-2-24-16-8-7-12(9-14(16)19)11-21-18-13-5-3-4-6-15(13)22-17(10-20)23-18/h3-9H,2,10-11,20H2,1H3,(H,21,22,23). The van der Waals surface area contributed by atoms with E-state index in [1.165, 1.54) is 0 Å². The number of para-hydroxylation sites is 1. The molecule has 0 saturated carbocycles. The maximum atomic E-state index is 6.24. The fourth-order valence-corrected chi connectivity index (χ4v) is 2.72. The number of nitrogens with two attached hydrogens (primary N) is 1. The zero-order valence-corrected chi connectivity index (χ0v) is 14.2. The Morgan fingerprint density at radius 3 is 2.75 bits per heavy atom. The van der Waals surface area contributed by atoms with E-state index in [4.69, 9.17) is 22.1 Å². The van der Waals surface area contributed by atoms with E-state index in [0.717, 1.165) is 22.3 Å². The molecule has 0 saturated heterocycles. The smallest absolute Gasteiger partial charge is 0.144 e. The maximum Gasteiger partial charge on any atom is 0.144 e. The molecule has 1 aromatic heterocycles. The average Bonchev–Trinajstić information content (AvgIpc) is 2.61. The van der Waals surface area contributed by atoms with Crippen molar-refractivity contribution in [2.75, 3.05) is 11.9 Å². The van der Waals surface area contributed by atoms with Gasteiger partial charge in [0.2, 0.25) is 0 Å². The predicted molar refractivity (Wildman–Crippen MR) is 97.4 cm³/mol. The highest BCUT2D eigenvalue weighted by Gasteiger charge is 2.07. The number of hydrogen-bond donors (Lipinski definition) is 2. The molecule has 124 valence electrons. The van der Waals surface area contributed by atoms with Crippen LogP contribution >= 0.6 is 11.6 Å². The van der Waals surface area contributed by atoms with E-state index in [1.807, 2.05) is 49.4 Å². The number of aromatic nitrogens is 2. The second-order valence-corrected chi connectivity index (χ2v) is 5.67. The molecule has 0 atom stereocenters. The highest BCUT2D eigenvalue weighted by Crippen LogP contribution is 2.26. The summed E-state index contributed by atoms with van der Waals surface area (Å²) in [5.74, 6) is 2.08. The van der Waals surface area contributed by atoms with Crippen LogP contribution in [0.2, 0.25) is 5.02 Å². The van der Waals surface area contributed by atoms with Crippen molar-refractivity contribution in [3.63, 3.8) is 0 Å². The number of rotatable bonds is 6. The zero-order valence-electron chi connectivity index (χ0n) is 13.4. The fraction of sp³-hybridized carbons (Fsp3) is 0.222. The van der Waals surface area contributed by atoms with Crippen molar-refractivity contribution in [2.24, 2.45) is 5.73 Å². The Morgan fingerprint density at radius 1 is 1.17 bits per heavy atom. The Hall–Kier alpha value is -2.37. The third-order valence-electron chi connectivity index (χ3n) is 3.59. The SMILES string of the molecule is CCOc1ccc(CNc2nc(CN)nc3ccccc23)cc1Cl. The van der Waals surface area contributed by atoms with Crippen LogP contribution in [-0.2, 0) is 13.1 Å². The van der Waals surface area contributed by atoms with Gasteiger partial charge in [-0.3, -0.25) is 0 Å². The van der Waals surface area contributed by atoms with Crippen LogP contribution in [0.5, 0.6) is 5.75 Å². The van der Waals surface area contributed by atoms with Gasteiger partial charge in [0.1, 0.15) is 17.4 Å². The topological polar surface area (TPSA) is 73.1 Å². The van der Waals surface area contributed by atoms with E-state index in [0.29, 0.717) is 36.3 Å². The number of ether oxygens (including phenoxy) is 1. The number of nitrogens with zero attached hydrogens (tertiary/aromatic N) is 2. The number of halogens is 1. The van der Waals surface area contributed by atoms with Gasteiger partial charge in [0.15, 0.2) is 0 Å². The molecule has 6 heteroatoms. The van der Waals surface area contributed by atoms with Crippen LogP contribution in [0.25, 0.3) is 10.9 Å². The molecule has 2 aromatic carbocycles. The highest BCUT2D eigenvalue weighted by molar-refractivity contribution is 6.32. The molecule has 3 aromatic rings. The van der Waals surface area contributed by atoms with Crippen molar-refractivity contribution in [1.29, 1.82) is 0 Å². The molecule has 1 heterocycles. The lowest BCUT2D eigenvalue weighted by Gasteiger charge is -2.12. The average molecular weight is 343 g/mol. The summed E-state index contributed by atoms with van der Waals surface area (Å²) in [4.78, 5) is 8.94. The second kappa shape index (κ2) is 7.47. The molecule has 0 spiro atoms. The first kappa shape index (κ1) is 16.5. The first-order chi connectivity index (χ1) is 11.7. The molecule has 24 heavy (non-hydrogen) atoms. The van der Waals surface area contributed by atoms with Crippen molar-refractivity contribution in [3.05, 3.63) is 58.9 Å². The van der Waals surface area contributed by atoms with Crippen LogP contribution in [0.1, 0.15) is 18.3 Å². The Bertz CT molecular complexity index is 854. The van der Waals surface area contributed by atoms with Gasteiger partial charge in [0.05, 0.1) is 23.7 Å². The third-order valence-corrected chi connectivity index (χ3v) is 3.88. The summed E-state index contributed by atoms with van der Waals surface area (Å²) in [7, 11) is 0. The molecule has 0 fully saturated rings. The lowest BCUT2D eigenvalue weighted by atomic mass is 10.2. The van der Waals surface area contributed by atoms with Crippen molar-refractivity contribution < 1.29 is 4.74 Å². The number of hydrogen-bond acceptors (Lipinski definition) is 5. The summed E-state index contributed by atoms with van der Waals surface area (Å²) in [6, 6.07) is 13.6. The quantitative estimate of drug-likeness (QED) is 0.713. The molecule has 0 unspecified atom stereocenters. The van der Waals surface area contributed by atoms with Crippen molar-refractivity contribution in [2.45, 2.75) is 20.0 Å². The maximum absolute atomic E-state index is 6.24.